The Bertz CT molecular complexity index is 610. The van der Waals surface area contributed by atoms with Gasteiger partial charge in [0.25, 0.3) is 0 Å². The van der Waals surface area contributed by atoms with Crippen LogP contribution in [-0.4, -0.2) is 5.25 Å². The largest absolute Gasteiger partial charge is 0.364 e. The highest BCUT2D eigenvalue weighted by Gasteiger charge is 2.45. The number of hydrogen-bond acceptors (Lipinski definition) is 2. The standard InChI is InChI=1S/C16H13FOS/c17-10-5-7-11(8-6-10)19-15-9-14-12-3-1-2-4-13(12)16(15)18-14/h1-8,14-16H,9H2/t14-,15+,16-/m0/s1. The summed E-state index contributed by atoms with van der Waals surface area (Å²) in [7, 11) is 0. The van der Waals surface area contributed by atoms with Crippen LogP contribution in [0, 0.1) is 5.82 Å². The molecular weight excluding hydrogens is 259 g/mol. The topological polar surface area (TPSA) is 9.23 Å². The molecule has 3 heteroatoms. The molecule has 0 unspecified atom stereocenters. The minimum Gasteiger partial charge on any atom is -0.364 e. The highest BCUT2D eigenvalue weighted by molar-refractivity contribution is 8.00. The van der Waals surface area contributed by atoms with E-state index < -0.39 is 0 Å². The summed E-state index contributed by atoms with van der Waals surface area (Å²) >= 11 is 1.79. The Hall–Kier alpha value is -1.32. The number of rotatable bonds is 2. The van der Waals surface area contributed by atoms with Crippen molar-refractivity contribution >= 4 is 11.8 Å². The quantitative estimate of drug-likeness (QED) is 0.796. The van der Waals surface area contributed by atoms with Gasteiger partial charge in [-0.3, -0.25) is 0 Å². The molecule has 1 fully saturated rings. The predicted molar refractivity (Wildman–Crippen MR) is 73.7 cm³/mol. The van der Waals surface area contributed by atoms with Crippen molar-refractivity contribution < 1.29 is 9.13 Å². The van der Waals surface area contributed by atoms with Crippen molar-refractivity contribution in [2.24, 2.45) is 0 Å². The molecule has 2 bridgehead atoms. The summed E-state index contributed by atoms with van der Waals surface area (Å²) < 4.78 is 19.0. The number of hydrogen-bond donors (Lipinski definition) is 0. The van der Waals surface area contributed by atoms with E-state index in [0.717, 1.165) is 11.3 Å². The van der Waals surface area contributed by atoms with E-state index in [-0.39, 0.29) is 18.0 Å². The number of fused-ring (bicyclic) bond motifs is 5. The summed E-state index contributed by atoms with van der Waals surface area (Å²) in [4.78, 5) is 1.11. The molecule has 0 aliphatic carbocycles. The van der Waals surface area contributed by atoms with Gasteiger partial charge < -0.3 is 4.74 Å². The van der Waals surface area contributed by atoms with Gasteiger partial charge in [0.1, 0.15) is 5.82 Å². The summed E-state index contributed by atoms with van der Waals surface area (Å²) in [5.41, 5.74) is 2.68. The van der Waals surface area contributed by atoms with Crippen LogP contribution in [-0.2, 0) is 4.74 Å². The molecule has 2 aliphatic rings. The van der Waals surface area contributed by atoms with Gasteiger partial charge in [0.05, 0.1) is 12.2 Å². The van der Waals surface area contributed by atoms with Crippen LogP contribution >= 0.6 is 11.8 Å². The Balaban J connectivity index is 1.58. The fourth-order valence-electron chi connectivity index (χ4n) is 2.99. The van der Waals surface area contributed by atoms with Gasteiger partial charge >= 0.3 is 0 Å². The van der Waals surface area contributed by atoms with Crippen LogP contribution in [0.15, 0.2) is 53.4 Å². The maximum Gasteiger partial charge on any atom is 0.123 e. The number of ether oxygens (including phenoxy) is 1. The molecule has 2 aliphatic heterocycles. The lowest BCUT2D eigenvalue weighted by atomic mass is 9.92. The molecule has 0 radical (unpaired) electrons. The molecule has 2 heterocycles. The first-order chi connectivity index (χ1) is 9.31. The Labute approximate surface area is 115 Å². The van der Waals surface area contributed by atoms with Crippen molar-refractivity contribution in [1.29, 1.82) is 0 Å². The van der Waals surface area contributed by atoms with Crippen molar-refractivity contribution in [2.45, 2.75) is 28.8 Å². The molecule has 0 aromatic heterocycles. The maximum atomic E-state index is 12.9. The van der Waals surface area contributed by atoms with E-state index >= 15 is 0 Å². The summed E-state index contributed by atoms with van der Waals surface area (Å²) in [6.45, 7) is 0. The maximum absolute atomic E-state index is 12.9. The zero-order chi connectivity index (χ0) is 12.8. The average Bonchev–Trinajstić information content (AvgIpc) is 3.00. The van der Waals surface area contributed by atoms with Crippen molar-refractivity contribution in [2.75, 3.05) is 0 Å². The number of thioether (sulfide) groups is 1. The molecule has 0 amide bonds. The molecular formula is C16H13FOS. The fourth-order valence-corrected chi connectivity index (χ4v) is 4.24. The summed E-state index contributed by atoms with van der Waals surface area (Å²) in [6.07, 6.45) is 1.49. The van der Waals surface area contributed by atoms with Crippen LogP contribution in [0.1, 0.15) is 29.8 Å². The van der Waals surface area contributed by atoms with Crippen LogP contribution in [0.2, 0.25) is 0 Å². The summed E-state index contributed by atoms with van der Waals surface area (Å²) in [5, 5.41) is 0.436. The Morgan fingerprint density at radius 3 is 2.53 bits per heavy atom. The van der Waals surface area contributed by atoms with Crippen molar-refractivity contribution in [3.63, 3.8) is 0 Å². The highest BCUT2D eigenvalue weighted by atomic mass is 32.2. The highest BCUT2D eigenvalue weighted by Crippen LogP contribution is 2.55. The zero-order valence-corrected chi connectivity index (χ0v) is 11.1. The Morgan fingerprint density at radius 1 is 1.00 bits per heavy atom. The summed E-state index contributed by atoms with van der Waals surface area (Å²) in [6, 6.07) is 15.2. The van der Waals surface area contributed by atoms with Crippen LogP contribution in [0.4, 0.5) is 4.39 Å². The molecule has 0 spiro atoms. The van der Waals surface area contributed by atoms with Crippen molar-refractivity contribution in [3.05, 3.63) is 65.5 Å². The molecule has 2 aromatic carbocycles. The smallest absolute Gasteiger partial charge is 0.123 e. The lowest BCUT2D eigenvalue weighted by Crippen LogP contribution is -2.12. The van der Waals surface area contributed by atoms with Gasteiger partial charge in [-0.1, -0.05) is 24.3 Å². The molecule has 3 atom stereocenters. The minimum absolute atomic E-state index is 0.182. The normalized spacial score (nSPS) is 27.5. The number of halogens is 1. The predicted octanol–water partition coefficient (Wildman–Crippen LogP) is 4.50. The van der Waals surface area contributed by atoms with Gasteiger partial charge in [-0.2, -0.15) is 0 Å². The minimum atomic E-state index is -0.182. The molecule has 0 N–H and O–H groups in total. The monoisotopic (exact) mass is 272 g/mol. The van der Waals surface area contributed by atoms with Crippen LogP contribution < -0.4 is 0 Å². The Morgan fingerprint density at radius 2 is 1.74 bits per heavy atom. The van der Waals surface area contributed by atoms with Crippen LogP contribution in [0.25, 0.3) is 0 Å². The van der Waals surface area contributed by atoms with Gasteiger partial charge in [-0.25, -0.2) is 4.39 Å². The third-order valence-electron chi connectivity index (χ3n) is 3.85. The van der Waals surface area contributed by atoms with Gasteiger partial charge in [0, 0.05) is 10.1 Å². The van der Waals surface area contributed by atoms with E-state index in [4.69, 9.17) is 4.74 Å². The van der Waals surface area contributed by atoms with Gasteiger partial charge in [-0.05, 0) is 41.8 Å². The Kier molecular flexibility index (Phi) is 2.64. The second-order valence-electron chi connectivity index (χ2n) is 5.02. The van der Waals surface area contributed by atoms with Crippen LogP contribution in [0.5, 0.6) is 0 Å². The van der Waals surface area contributed by atoms with Crippen molar-refractivity contribution in [3.8, 4) is 0 Å². The van der Waals surface area contributed by atoms with Crippen molar-refractivity contribution in [1.82, 2.24) is 0 Å². The SMILES string of the molecule is Fc1ccc(S[C@@H]2C[C@@H]3O[C@H]2c2ccccc23)cc1. The van der Waals surface area contributed by atoms with E-state index in [2.05, 4.69) is 24.3 Å². The van der Waals surface area contributed by atoms with E-state index in [0.29, 0.717) is 5.25 Å². The fraction of sp³-hybridized carbons (Fsp3) is 0.250. The summed E-state index contributed by atoms with van der Waals surface area (Å²) in [5.74, 6) is -0.182. The first-order valence-corrected chi connectivity index (χ1v) is 7.36. The van der Waals surface area contributed by atoms with Crippen LogP contribution in [0.3, 0.4) is 0 Å². The molecule has 2 aromatic rings. The second-order valence-corrected chi connectivity index (χ2v) is 6.33. The van der Waals surface area contributed by atoms with E-state index in [1.807, 2.05) is 12.1 Å². The third-order valence-corrected chi connectivity index (χ3v) is 5.13. The molecule has 19 heavy (non-hydrogen) atoms. The van der Waals surface area contributed by atoms with E-state index in [1.165, 1.54) is 23.3 Å². The lowest BCUT2D eigenvalue weighted by Gasteiger charge is -2.20. The molecule has 0 saturated carbocycles. The van der Waals surface area contributed by atoms with Gasteiger partial charge in [-0.15, -0.1) is 11.8 Å². The first-order valence-electron chi connectivity index (χ1n) is 6.48. The van der Waals surface area contributed by atoms with Gasteiger partial charge in [0.2, 0.25) is 0 Å². The third kappa shape index (κ3) is 1.88. The molecule has 1 saturated heterocycles. The number of benzene rings is 2. The first kappa shape index (κ1) is 11.5. The molecule has 1 nitrogen and oxygen atoms in total. The zero-order valence-electron chi connectivity index (χ0n) is 10.3. The molecule has 4 rings (SSSR count). The van der Waals surface area contributed by atoms with E-state index in [1.54, 1.807) is 11.8 Å². The second kappa shape index (κ2) is 4.36. The molecule has 96 valence electrons. The van der Waals surface area contributed by atoms with E-state index in [9.17, 15) is 4.39 Å². The lowest BCUT2D eigenvalue weighted by molar-refractivity contribution is 0.0728. The van der Waals surface area contributed by atoms with Gasteiger partial charge in [0.15, 0.2) is 0 Å². The average molecular weight is 272 g/mol.